The molecule has 0 aromatic heterocycles. The molecule has 50 atom stereocenters. The Labute approximate surface area is 708 Å². The second-order valence-corrected chi connectivity index (χ2v) is 31.8. The Hall–Kier alpha value is -4.45. The zero-order chi connectivity index (χ0) is 92.1. The Morgan fingerprint density at radius 3 is 0.968 bits per heavy atom. The lowest BCUT2D eigenvalue weighted by atomic mass is 9.93. The molecule has 0 aliphatic carbocycles. The molecule has 5 amide bonds. The monoisotopic (exact) mass is 1830 g/mol. The average molecular weight is 1830 g/mol. The predicted molar refractivity (Wildman–Crippen MR) is 386 cm³/mol. The molecule has 0 spiro atoms. The van der Waals surface area contributed by atoms with E-state index in [1.54, 1.807) is 0 Å². The zero-order valence-corrected chi connectivity index (χ0v) is 67.7. The molecule has 10 aliphatic heterocycles. The molecule has 10 aliphatic rings. The first kappa shape index (κ1) is 103. The Morgan fingerprint density at radius 2 is 0.504 bits per heavy atom. The van der Waals surface area contributed by atoms with Crippen LogP contribution in [0.15, 0.2) is 0 Å². The van der Waals surface area contributed by atoms with Gasteiger partial charge in [-0.2, -0.15) is 0 Å². The van der Waals surface area contributed by atoms with Crippen LogP contribution >= 0.6 is 0 Å². The van der Waals surface area contributed by atoms with E-state index in [-0.39, 0.29) is 0 Å². The molecule has 31 N–H and O–H groups in total. The second kappa shape index (κ2) is 44.9. The number of carbonyl (C=O) groups is 5. The Morgan fingerprint density at radius 1 is 0.224 bits per heavy atom. The number of hydrogen-bond acceptors (Lipinski definition) is 50. The smallest absolute Gasteiger partial charge is 0.217 e. The highest BCUT2D eigenvalue weighted by molar-refractivity contribution is 5.75. The first-order chi connectivity index (χ1) is 59.0. The van der Waals surface area contributed by atoms with Crippen molar-refractivity contribution in [3.63, 3.8) is 0 Å². The molecule has 10 saturated heterocycles. The van der Waals surface area contributed by atoms with Crippen LogP contribution in [0.4, 0.5) is 0 Å². The highest BCUT2D eigenvalue weighted by Crippen LogP contribution is 2.40. The van der Waals surface area contributed by atoms with Crippen molar-refractivity contribution in [1.82, 2.24) is 26.6 Å². The number of hydrogen-bond donors (Lipinski definition) is 31. The first-order valence-corrected chi connectivity index (χ1v) is 40.0. The summed E-state index contributed by atoms with van der Waals surface area (Å²) in [6.07, 6.45) is -93.6. The highest BCUT2D eigenvalue weighted by Gasteiger charge is 2.61. The van der Waals surface area contributed by atoms with E-state index in [4.69, 9.17) is 90.0 Å². The SMILES string of the molecule is CC(=O)N[C@@H]1[C@@H](O)[C@H](O[C@@H]2O[C@H](CO)[C@@H](O[C@@H]3O[C@H](CO[C@H]4O[C@H](CO[C@@H]5O[C@H](CO)[C@@H](O)[C@H](O)[C@H]5NC(C)=O)[C@@H](O)[C@H](O)[C@@H]4O[C@@H]4O[C@H](CO)[C@@H](O[C@@H]5O[C@H](CO)[C@H](O)[C@H](O)[C@H]5O)[C@H](O)[C@H]4NC(C)=O)[C@@H](O)[C@H](O[C@H]4O[C@H](CO)[C@@H](O)[C@H](O)[C@@H]4O[C@@H]4O[C@H](CO)[C@@H](O)[C@H](O)[C@H]4NC(C)=O)[C@@H]3O)[C@H](O)[C@H]2NC(C)=O)[C@@H](CO[C@@H]2O[C@@H](C)[C@@H](O)[C@@H](O)[C@@H]2O)O[C@H]1O. The molecule has 0 aromatic carbocycles. The molecular weight excluding hydrogens is 1710 g/mol. The summed E-state index contributed by atoms with van der Waals surface area (Å²) in [6, 6.07) is -9.32. The van der Waals surface area contributed by atoms with Crippen molar-refractivity contribution in [3.05, 3.63) is 0 Å². The van der Waals surface area contributed by atoms with Gasteiger partial charge < -0.3 is 249 Å². The van der Waals surface area contributed by atoms with Crippen LogP contribution in [0.3, 0.4) is 0 Å². The molecule has 10 rings (SSSR count). The van der Waals surface area contributed by atoms with E-state index < -0.39 is 396 Å². The fraction of sp³-hybridized carbons (Fsp3) is 0.929. The lowest BCUT2D eigenvalue weighted by molar-refractivity contribution is -0.397. The minimum atomic E-state index is -2.63. The van der Waals surface area contributed by atoms with Crippen LogP contribution in [0.5, 0.6) is 0 Å². The third kappa shape index (κ3) is 23.3. The summed E-state index contributed by atoms with van der Waals surface area (Å²) < 4.78 is 114. The standard InChI is InChI=1S/C70H117N5O50/c1-16-36(87)48(99)52(103)66(110-16)108-15-30-57(45(96)31(61(106)111-30)71-17(2)82)120-64-34(74-20(5)85)46(97)56(27(12-81)116-64)122-68-54(105)58(123-70-60(50(101)40(91)25(10-79)115-70)125-63-33(73-19(4)84)44(95)38(89)23(8-77)113-63)42(93)29(118-68)14-109-69-59(51(102)41(92)28(119-69)13-107-62-32(72-18(3)83)43(94)37(88)22(7-76)112-62)124-65-35(75-21(6)86)47(98)55(26(11-80)117-65)121-67-53(104)49(100)39(90)24(9-78)114-67/h16,22-70,76-81,87-106H,7-15H2,1-6H3,(H,71,82)(H,72,83)(H,73,84)(H,74,85)(H,75,86)/t16-,22+,23+,24+,25+,26+,27+,28+,29+,30+,31+,32+,33+,34+,35+,36+,37+,38+,39-,40+,41+,42+,43+,44+,45+,46+,47+,48+,49-,50-,51-,52-,53+,54-,55+,56+,57+,58-,59-,60-,61+,62+,63-,64-,65-,66+,67-,68-,69-,70+/m0/s1. The molecule has 722 valence electrons. The maximum atomic E-state index is 13.3. The quantitative estimate of drug-likeness (QED) is 0.0297. The third-order valence-corrected chi connectivity index (χ3v) is 22.8. The van der Waals surface area contributed by atoms with E-state index in [0.717, 1.165) is 34.6 Å². The Balaban J connectivity index is 1.02. The van der Waals surface area contributed by atoms with Crippen molar-refractivity contribution < 1.29 is 247 Å². The molecule has 55 nitrogen and oxygen atoms in total. The number of carbonyl (C=O) groups excluding carboxylic acids is 5. The van der Waals surface area contributed by atoms with Crippen LogP contribution in [0.25, 0.3) is 0 Å². The minimum Gasteiger partial charge on any atom is -0.394 e. The molecule has 10 fully saturated rings. The van der Waals surface area contributed by atoms with Crippen molar-refractivity contribution in [2.24, 2.45) is 0 Å². The van der Waals surface area contributed by atoms with Gasteiger partial charge in [0.05, 0.1) is 65.6 Å². The van der Waals surface area contributed by atoms with Crippen molar-refractivity contribution in [3.8, 4) is 0 Å². The topological polar surface area (TPSA) is 847 Å². The van der Waals surface area contributed by atoms with Crippen molar-refractivity contribution >= 4 is 29.5 Å². The summed E-state index contributed by atoms with van der Waals surface area (Å²) in [6.45, 7) is -3.76. The maximum absolute atomic E-state index is 13.3. The van der Waals surface area contributed by atoms with Crippen LogP contribution in [0, 0.1) is 0 Å². The fourth-order valence-electron chi connectivity index (χ4n) is 16.1. The molecular formula is C70H117N5O50. The number of aliphatic hydroxyl groups excluding tert-OH is 26. The van der Waals surface area contributed by atoms with E-state index in [0.29, 0.717) is 0 Å². The molecule has 10 heterocycles. The van der Waals surface area contributed by atoms with E-state index >= 15 is 0 Å². The van der Waals surface area contributed by atoms with Crippen LogP contribution in [-0.4, -0.2) is 529 Å². The summed E-state index contributed by atoms with van der Waals surface area (Å²) in [4.78, 5) is 64.0. The van der Waals surface area contributed by atoms with Gasteiger partial charge in [-0.25, -0.2) is 0 Å². The van der Waals surface area contributed by atoms with Gasteiger partial charge in [-0.1, -0.05) is 0 Å². The summed E-state index contributed by atoms with van der Waals surface area (Å²) in [5, 5.41) is 304. The molecule has 125 heavy (non-hydrogen) atoms. The molecule has 0 aromatic rings. The minimum absolute atomic E-state index is 0.830. The third-order valence-electron chi connectivity index (χ3n) is 22.8. The van der Waals surface area contributed by atoms with Crippen LogP contribution in [0.1, 0.15) is 41.5 Å². The van der Waals surface area contributed by atoms with Gasteiger partial charge in [0.1, 0.15) is 238 Å². The number of ether oxygens (including phenoxy) is 19. The maximum Gasteiger partial charge on any atom is 0.217 e. The Kier molecular flexibility index (Phi) is 36.8. The largest absolute Gasteiger partial charge is 0.394 e. The number of rotatable bonds is 32. The lowest BCUT2D eigenvalue weighted by Crippen LogP contribution is -2.71. The summed E-state index contributed by atoms with van der Waals surface area (Å²) in [7, 11) is 0. The average Bonchev–Trinajstić information content (AvgIpc) is 0.764. The molecule has 0 bridgehead atoms. The highest BCUT2D eigenvalue weighted by atomic mass is 16.8. The van der Waals surface area contributed by atoms with E-state index in [1.807, 2.05) is 0 Å². The Bertz CT molecular complexity index is 3420. The van der Waals surface area contributed by atoms with E-state index in [2.05, 4.69) is 26.6 Å². The van der Waals surface area contributed by atoms with Crippen molar-refractivity contribution in [2.45, 2.75) is 348 Å². The fourth-order valence-corrected chi connectivity index (χ4v) is 16.1. The molecule has 0 saturated carbocycles. The number of aliphatic hydroxyl groups is 26. The molecule has 55 heteroatoms. The van der Waals surface area contributed by atoms with Gasteiger partial charge in [-0.3, -0.25) is 24.0 Å². The zero-order valence-electron chi connectivity index (χ0n) is 67.7. The van der Waals surface area contributed by atoms with Crippen LogP contribution in [0.2, 0.25) is 0 Å². The van der Waals surface area contributed by atoms with Crippen molar-refractivity contribution in [2.75, 3.05) is 59.5 Å². The van der Waals surface area contributed by atoms with Gasteiger partial charge in [0.25, 0.3) is 0 Å². The summed E-state index contributed by atoms with van der Waals surface area (Å²) in [5.41, 5.74) is 0. The number of amides is 5. The van der Waals surface area contributed by atoms with Gasteiger partial charge in [-0.05, 0) is 6.92 Å². The summed E-state index contributed by atoms with van der Waals surface area (Å²) in [5.74, 6) is -4.57. The predicted octanol–water partition coefficient (Wildman–Crippen LogP) is -21.1. The lowest BCUT2D eigenvalue weighted by Gasteiger charge is -2.51. The molecule has 0 unspecified atom stereocenters. The van der Waals surface area contributed by atoms with Gasteiger partial charge >= 0.3 is 0 Å². The molecule has 0 radical (unpaired) electrons. The first-order valence-electron chi connectivity index (χ1n) is 40.0. The van der Waals surface area contributed by atoms with E-state index in [9.17, 15) is 157 Å². The number of nitrogens with one attached hydrogen (secondary N) is 5. The normalized spacial score (nSPS) is 48.7. The van der Waals surface area contributed by atoms with Gasteiger partial charge in [-0.15, -0.1) is 0 Å². The van der Waals surface area contributed by atoms with E-state index in [1.165, 1.54) is 6.92 Å². The van der Waals surface area contributed by atoms with Gasteiger partial charge in [0, 0.05) is 34.6 Å². The second-order valence-electron chi connectivity index (χ2n) is 31.8. The summed E-state index contributed by atoms with van der Waals surface area (Å²) >= 11 is 0. The van der Waals surface area contributed by atoms with Crippen LogP contribution in [-0.2, 0) is 114 Å². The van der Waals surface area contributed by atoms with Crippen molar-refractivity contribution in [1.29, 1.82) is 0 Å². The van der Waals surface area contributed by atoms with Gasteiger partial charge in [0.2, 0.25) is 29.5 Å². The van der Waals surface area contributed by atoms with Crippen LogP contribution < -0.4 is 26.6 Å². The van der Waals surface area contributed by atoms with Gasteiger partial charge in [0.15, 0.2) is 62.9 Å².